The second-order valence-electron chi connectivity index (χ2n) is 3.43. The van der Waals surface area contributed by atoms with Gasteiger partial charge in [0.1, 0.15) is 0 Å². The van der Waals surface area contributed by atoms with Gasteiger partial charge < -0.3 is 5.11 Å². The van der Waals surface area contributed by atoms with E-state index in [2.05, 4.69) is 26.5 Å². The van der Waals surface area contributed by atoms with E-state index in [0.29, 0.717) is 15.2 Å². The number of hydrogen-bond acceptors (Lipinski definition) is 3. The maximum atomic E-state index is 11.0. The molecule has 0 saturated carbocycles. The summed E-state index contributed by atoms with van der Waals surface area (Å²) in [5.41, 5.74) is 4.11. The smallest absolute Gasteiger partial charge is 0.337 e. The third kappa shape index (κ3) is 3.71. The van der Waals surface area contributed by atoms with Gasteiger partial charge in [-0.25, -0.2) is 4.79 Å². The van der Waals surface area contributed by atoms with Crippen molar-refractivity contribution in [2.24, 2.45) is 5.10 Å². The molecule has 0 heterocycles. The average Bonchev–Trinajstić information content (AvgIpc) is 2.29. The van der Waals surface area contributed by atoms with Crippen molar-refractivity contribution in [3.63, 3.8) is 0 Å². The lowest BCUT2D eigenvalue weighted by Gasteiger charge is -2.08. The van der Waals surface area contributed by atoms with Gasteiger partial charge in [0.2, 0.25) is 0 Å². The Labute approximate surface area is 113 Å². The highest BCUT2D eigenvalue weighted by Gasteiger charge is 2.13. The first-order valence-corrected chi connectivity index (χ1v) is 6.14. The van der Waals surface area contributed by atoms with Crippen molar-refractivity contribution in [2.45, 2.75) is 20.3 Å². The number of anilines is 1. The molecule has 1 aromatic rings. The van der Waals surface area contributed by atoms with Crippen LogP contribution in [0.15, 0.2) is 21.7 Å². The Bertz CT molecular complexity index is 475. The van der Waals surface area contributed by atoms with E-state index < -0.39 is 5.97 Å². The molecule has 0 bridgehead atoms. The Morgan fingerprint density at radius 2 is 2.24 bits per heavy atom. The number of nitrogens with zero attached hydrogens (tertiary/aromatic N) is 1. The largest absolute Gasteiger partial charge is 0.478 e. The minimum absolute atomic E-state index is 0.0888. The summed E-state index contributed by atoms with van der Waals surface area (Å²) in [5, 5.41) is 13.5. The molecule has 17 heavy (non-hydrogen) atoms. The van der Waals surface area contributed by atoms with Crippen LogP contribution in [0, 0.1) is 0 Å². The van der Waals surface area contributed by atoms with Crippen LogP contribution in [0.25, 0.3) is 0 Å². The highest BCUT2D eigenvalue weighted by molar-refractivity contribution is 9.10. The second-order valence-corrected chi connectivity index (χ2v) is 4.69. The van der Waals surface area contributed by atoms with Crippen molar-refractivity contribution < 1.29 is 9.90 Å². The number of nitrogens with one attached hydrogen (secondary N) is 1. The van der Waals surface area contributed by atoms with Crippen LogP contribution >= 0.6 is 27.5 Å². The standard InChI is InChI=1S/C11H12BrClN2O2/c1-3-6(2)14-15-10-5-8(12)9(13)4-7(10)11(16)17/h4-5,15H,3H2,1-2H3,(H,16,17). The summed E-state index contributed by atoms with van der Waals surface area (Å²) in [6, 6.07) is 2.98. The molecule has 1 aromatic carbocycles. The van der Waals surface area contributed by atoms with Crippen molar-refractivity contribution in [1.29, 1.82) is 0 Å². The number of hydrogen-bond donors (Lipinski definition) is 2. The summed E-state index contributed by atoms with van der Waals surface area (Å²) in [7, 11) is 0. The first-order chi connectivity index (χ1) is 7.95. The normalized spacial score (nSPS) is 11.4. The fourth-order valence-corrected chi connectivity index (χ4v) is 1.56. The zero-order valence-electron chi connectivity index (χ0n) is 9.42. The fraction of sp³-hybridized carbons (Fsp3) is 0.273. The highest BCUT2D eigenvalue weighted by Crippen LogP contribution is 2.29. The Balaban J connectivity index is 3.13. The van der Waals surface area contributed by atoms with Crippen LogP contribution in [-0.2, 0) is 0 Å². The van der Waals surface area contributed by atoms with Gasteiger partial charge in [-0.1, -0.05) is 18.5 Å². The first-order valence-electron chi connectivity index (χ1n) is 4.97. The van der Waals surface area contributed by atoms with Gasteiger partial charge in [0.25, 0.3) is 0 Å². The first kappa shape index (κ1) is 14.0. The van der Waals surface area contributed by atoms with Crippen molar-refractivity contribution >= 4 is 44.9 Å². The number of hydrazone groups is 1. The van der Waals surface area contributed by atoms with Crippen LogP contribution in [0.1, 0.15) is 30.6 Å². The van der Waals surface area contributed by atoms with Crippen LogP contribution in [0.4, 0.5) is 5.69 Å². The molecule has 2 N–H and O–H groups in total. The molecular formula is C11H12BrClN2O2. The third-order valence-corrected chi connectivity index (χ3v) is 3.37. The number of rotatable bonds is 4. The van der Waals surface area contributed by atoms with Gasteiger partial charge in [-0.3, -0.25) is 5.43 Å². The van der Waals surface area contributed by atoms with E-state index in [4.69, 9.17) is 16.7 Å². The van der Waals surface area contributed by atoms with Crippen LogP contribution in [0.5, 0.6) is 0 Å². The molecule has 0 atom stereocenters. The van der Waals surface area contributed by atoms with E-state index in [1.54, 1.807) is 6.07 Å². The average molecular weight is 320 g/mol. The maximum Gasteiger partial charge on any atom is 0.337 e. The quantitative estimate of drug-likeness (QED) is 0.651. The minimum Gasteiger partial charge on any atom is -0.478 e. The summed E-state index contributed by atoms with van der Waals surface area (Å²) in [6.07, 6.45) is 0.796. The van der Waals surface area contributed by atoms with Crippen molar-refractivity contribution in [3.8, 4) is 0 Å². The van der Waals surface area contributed by atoms with Crippen LogP contribution in [0.3, 0.4) is 0 Å². The zero-order chi connectivity index (χ0) is 13.0. The molecule has 6 heteroatoms. The molecule has 1 rings (SSSR count). The lowest BCUT2D eigenvalue weighted by molar-refractivity contribution is 0.0698. The monoisotopic (exact) mass is 318 g/mol. The topological polar surface area (TPSA) is 61.7 Å². The lowest BCUT2D eigenvalue weighted by Crippen LogP contribution is -2.04. The minimum atomic E-state index is -1.05. The second kappa shape index (κ2) is 6.02. The zero-order valence-corrected chi connectivity index (χ0v) is 11.8. The number of carbonyl (C=O) groups is 1. The number of carboxylic acids is 1. The fourth-order valence-electron chi connectivity index (χ4n) is 1.05. The van der Waals surface area contributed by atoms with E-state index in [0.717, 1.165) is 12.1 Å². The van der Waals surface area contributed by atoms with Gasteiger partial charge in [-0.05, 0) is 41.4 Å². The molecule has 92 valence electrons. The summed E-state index contributed by atoms with van der Waals surface area (Å²) in [4.78, 5) is 11.0. The Kier molecular flexibility index (Phi) is 4.96. The Morgan fingerprint density at radius 3 is 2.76 bits per heavy atom. The van der Waals surface area contributed by atoms with E-state index in [1.807, 2.05) is 13.8 Å². The van der Waals surface area contributed by atoms with Crippen LogP contribution in [0.2, 0.25) is 5.02 Å². The number of benzene rings is 1. The highest BCUT2D eigenvalue weighted by atomic mass is 79.9. The predicted octanol–water partition coefficient (Wildman–Crippen LogP) is 4.00. The molecule has 0 fully saturated rings. The van der Waals surface area contributed by atoms with E-state index in [1.165, 1.54) is 6.07 Å². The van der Waals surface area contributed by atoms with Crippen LogP contribution in [-0.4, -0.2) is 16.8 Å². The predicted molar refractivity (Wildman–Crippen MR) is 73.1 cm³/mol. The molecule has 0 saturated heterocycles. The molecule has 0 aliphatic heterocycles. The summed E-state index contributed by atoms with van der Waals surface area (Å²) >= 11 is 9.09. The van der Waals surface area contributed by atoms with Gasteiger partial charge >= 0.3 is 5.97 Å². The Hall–Kier alpha value is -1.07. The molecule has 0 aromatic heterocycles. The Morgan fingerprint density at radius 1 is 1.59 bits per heavy atom. The summed E-state index contributed by atoms with van der Waals surface area (Å²) < 4.78 is 0.621. The van der Waals surface area contributed by atoms with Crippen molar-refractivity contribution in [3.05, 3.63) is 27.2 Å². The van der Waals surface area contributed by atoms with Gasteiger partial charge in [-0.2, -0.15) is 5.10 Å². The molecule has 0 aliphatic rings. The third-order valence-electron chi connectivity index (χ3n) is 2.17. The van der Waals surface area contributed by atoms with Crippen molar-refractivity contribution in [2.75, 3.05) is 5.43 Å². The van der Waals surface area contributed by atoms with E-state index in [-0.39, 0.29) is 5.56 Å². The lowest BCUT2D eigenvalue weighted by atomic mass is 10.2. The van der Waals surface area contributed by atoms with Gasteiger partial charge in [-0.15, -0.1) is 0 Å². The SMILES string of the molecule is CCC(C)=NNc1cc(Br)c(Cl)cc1C(=O)O. The number of halogens is 2. The van der Waals surface area contributed by atoms with E-state index in [9.17, 15) is 4.79 Å². The van der Waals surface area contributed by atoms with Gasteiger partial charge in [0.15, 0.2) is 0 Å². The molecular weight excluding hydrogens is 307 g/mol. The van der Waals surface area contributed by atoms with E-state index >= 15 is 0 Å². The molecule has 0 aliphatic carbocycles. The number of carboxylic acid groups (broad SMARTS) is 1. The summed E-state index contributed by atoms with van der Waals surface area (Å²) in [5.74, 6) is -1.05. The molecule has 0 amide bonds. The van der Waals surface area contributed by atoms with Crippen molar-refractivity contribution in [1.82, 2.24) is 0 Å². The molecule has 0 unspecified atom stereocenters. The summed E-state index contributed by atoms with van der Waals surface area (Å²) in [6.45, 7) is 3.83. The molecule has 4 nitrogen and oxygen atoms in total. The maximum absolute atomic E-state index is 11.0. The molecule has 0 spiro atoms. The number of aromatic carboxylic acids is 1. The molecule has 0 radical (unpaired) electrons. The van der Waals surface area contributed by atoms with Gasteiger partial charge in [0, 0.05) is 10.2 Å². The van der Waals surface area contributed by atoms with Gasteiger partial charge in [0.05, 0.1) is 16.3 Å². The van der Waals surface area contributed by atoms with Crippen LogP contribution < -0.4 is 5.43 Å².